The van der Waals surface area contributed by atoms with Crippen LogP contribution in [0.3, 0.4) is 0 Å². The minimum absolute atomic E-state index is 0.0531. The Morgan fingerprint density at radius 1 is 1.29 bits per heavy atom. The van der Waals surface area contributed by atoms with Crippen LogP contribution in [-0.4, -0.2) is 53.4 Å². The van der Waals surface area contributed by atoms with Crippen LogP contribution in [0.4, 0.5) is 15.9 Å². The second-order valence-corrected chi connectivity index (χ2v) is 6.14. The number of halogens is 1. The monoisotopic (exact) mass is 328 g/mol. The molecule has 0 bridgehead atoms. The Hall–Kier alpha value is -2.47. The van der Waals surface area contributed by atoms with Gasteiger partial charge in [0, 0.05) is 37.6 Å². The topological polar surface area (TPSA) is 48.5 Å². The molecule has 1 aliphatic rings. The molecule has 2 aromatic rings. The zero-order valence-corrected chi connectivity index (χ0v) is 13.9. The van der Waals surface area contributed by atoms with Gasteiger partial charge in [-0.05, 0) is 44.3 Å². The van der Waals surface area contributed by atoms with Gasteiger partial charge in [0.1, 0.15) is 11.6 Å². The normalized spacial score (nSPS) is 18.5. The van der Waals surface area contributed by atoms with E-state index in [0.717, 1.165) is 13.1 Å². The second-order valence-electron chi connectivity index (χ2n) is 6.14. The lowest BCUT2D eigenvalue weighted by Crippen LogP contribution is -2.52. The largest absolute Gasteiger partial charge is 0.339 e. The van der Waals surface area contributed by atoms with E-state index in [1.165, 1.54) is 12.1 Å². The van der Waals surface area contributed by atoms with Gasteiger partial charge >= 0.3 is 0 Å². The van der Waals surface area contributed by atoms with Crippen LogP contribution in [0.5, 0.6) is 0 Å². The molecular formula is C18H21FN4O. The van der Waals surface area contributed by atoms with Crippen molar-refractivity contribution < 1.29 is 9.18 Å². The van der Waals surface area contributed by atoms with Crippen LogP contribution in [-0.2, 0) is 0 Å². The molecule has 0 saturated carbocycles. The maximum absolute atomic E-state index is 13.4. The first-order valence-electron chi connectivity index (χ1n) is 8.01. The Labute approximate surface area is 141 Å². The summed E-state index contributed by atoms with van der Waals surface area (Å²) in [6.07, 6.45) is 1.62. The molecule has 1 saturated heterocycles. The molecule has 5 nitrogen and oxygen atoms in total. The van der Waals surface area contributed by atoms with Gasteiger partial charge in [-0.25, -0.2) is 9.37 Å². The first kappa shape index (κ1) is 16.4. The number of carbonyl (C=O) groups is 1. The van der Waals surface area contributed by atoms with E-state index in [4.69, 9.17) is 0 Å². The lowest BCUT2D eigenvalue weighted by Gasteiger charge is -2.38. The summed E-state index contributed by atoms with van der Waals surface area (Å²) >= 11 is 0. The Balaban J connectivity index is 1.85. The zero-order chi connectivity index (χ0) is 17.1. The summed E-state index contributed by atoms with van der Waals surface area (Å²) in [5.74, 6) is 0.0540. The van der Waals surface area contributed by atoms with Crippen LogP contribution < -0.4 is 5.32 Å². The summed E-state index contributed by atoms with van der Waals surface area (Å²) in [5.41, 5.74) is 1.06. The van der Waals surface area contributed by atoms with E-state index in [1.54, 1.807) is 30.5 Å². The summed E-state index contributed by atoms with van der Waals surface area (Å²) in [5, 5.41) is 3.05. The summed E-state index contributed by atoms with van der Waals surface area (Å²) in [7, 11) is 2.05. The highest BCUT2D eigenvalue weighted by molar-refractivity contribution is 5.99. The van der Waals surface area contributed by atoms with Crippen molar-refractivity contribution in [2.75, 3.05) is 32.0 Å². The van der Waals surface area contributed by atoms with Crippen molar-refractivity contribution in [3.63, 3.8) is 0 Å². The van der Waals surface area contributed by atoms with Gasteiger partial charge < -0.3 is 15.1 Å². The minimum Gasteiger partial charge on any atom is -0.339 e. The number of aromatic nitrogens is 1. The van der Waals surface area contributed by atoms with Crippen LogP contribution >= 0.6 is 0 Å². The molecule has 1 aromatic carbocycles. The fraction of sp³-hybridized carbons (Fsp3) is 0.333. The molecule has 6 heteroatoms. The number of likely N-dealkylation sites (N-methyl/N-ethyl adjacent to an activating group) is 1. The number of benzene rings is 1. The molecule has 1 atom stereocenters. The average Bonchev–Trinajstić information content (AvgIpc) is 2.55. The number of anilines is 2. The number of hydrogen-bond acceptors (Lipinski definition) is 4. The van der Waals surface area contributed by atoms with Crippen LogP contribution in [0.15, 0.2) is 42.6 Å². The smallest absolute Gasteiger partial charge is 0.257 e. The highest BCUT2D eigenvalue weighted by atomic mass is 19.1. The van der Waals surface area contributed by atoms with Gasteiger partial charge in [0.2, 0.25) is 0 Å². The van der Waals surface area contributed by atoms with Crippen LogP contribution in [0, 0.1) is 5.82 Å². The molecule has 1 N–H and O–H groups in total. The third kappa shape index (κ3) is 3.54. The van der Waals surface area contributed by atoms with Gasteiger partial charge in [-0.3, -0.25) is 4.79 Å². The van der Waals surface area contributed by atoms with E-state index in [1.807, 2.05) is 11.8 Å². The van der Waals surface area contributed by atoms with Crippen molar-refractivity contribution >= 4 is 17.4 Å². The zero-order valence-electron chi connectivity index (χ0n) is 13.9. The third-order valence-corrected chi connectivity index (χ3v) is 4.22. The Morgan fingerprint density at radius 3 is 2.88 bits per heavy atom. The summed E-state index contributed by atoms with van der Waals surface area (Å²) in [4.78, 5) is 21.3. The first-order valence-corrected chi connectivity index (χ1v) is 8.01. The van der Waals surface area contributed by atoms with Gasteiger partial charge in [0.15, 0.2) is 0 Å². The number of pyridine rings is 1. The second kappa shape index (κ2) is 6.97. The molecule has 24 heavy (non-hydrogen) atoms. The molecule has 0 unspecified atom stereocenters. The van der Waals surface area contributed by atoms with Crippen molar-refractivity contribution in [2.24, 2.45) is 0 Å². The van der Waals surface area contributed by atoms with E-state index in [0.29, 0.717) is 23.6 Å². The van der Waals surface area contributed by atoms with Crippen molar-refractivity contribution in [3.05, 3.63) is 54.0 Å². The molecule has 1 amide bonds. The van der Waals surface area contributed by atoms with E-state index < -0.39 is 0 Å². The van der Waals surface area contributed by atoms with Gasteiger partial charge in [-0.2, -0.15) is 0 Å². The number of nitrogens with zero attached hydrogens (tertiary/aromatic N) is 3. The van der Waals surface area contributed by atoms with Gasteiger partial charge in [0.05, 0.1) is 5.56 Å². The molecule has 1 fully saturated rings. The first-order chi connectivity index (χ1) is 11.5. The maximum atomic E-state index is 13.4. The van der Waals surface area contributed by atoms with Crippen molar-refractivity contribution in [2.45, 2.75) is 13.0 Å². The molecular weight excluding hydrogens is 307 g/mol. The van der Waals surface area contributed by atoms with E-state index in [-0.39, 0.29) is 17.8 Å². The number of carbonyl (C=O) groups excluding carboxylic acids is 1. The lowest BCUT2D eigenvalue weighted by atomic mass is 10.1. The van der Waals surface area contributed by atoms with Gasteiger partial charge in [-0.1, -0.05) is 6.07 Å². The molecule has 0 aliphatic carbocycles. The van der Waals surface area contributed by atoms with Crippen molar-refractivity contribution in [1.82, 2.24) is 14.8 Å². The van der Waals surface area contributed by atoms with Crippen molar-refractivity contribution in [3.8, 4) is 0 Å². The maximum Gasteiger partial charge on any atom is 0.257 e. The Kier molecular flexibility index (Phi) is 4.76. The fourth-order valence-corrected chi connectivity index (χ4v) is 2.98. The number of amides is 1. The fourth-order valence-electron chi connectivity index (χ4n) is 2.98. The van der Waals surface area contributed by atoms with Crippen LogP contribution in [0.25, 0.3) is 0 Å². The predicted molar refractivity (Wildman–Crippen MR) is 91.9 cm³/mol. The van der Waals surface area contributed by atoms with E-state index >= 15 is 0 Å². The molecule has 2 heterocycles. The van der Waals surface area contributed by atoms with Crippen molar-refractivity contribution in [1.29, 1.82) is 0 Å². The summed E-state index contributed by atoms with van der Waals surface area (Å²) in [6.45, 7) is 4.43. The SMILES string of the molecule is C[C@@H]1CN(C)CCN1C(=O)c1cccnc1Nc1cccc(F)c1. The Bertz CT molecular complexity index is 736. The number of piperazine rings is 1. The standard InChI is InChI=1S/C18H21FN4O/c1-13-12-22(2)9-10-23(13)18(24)16-7-4-8-20-17(16)21-15-6-3-5-14(19)11-15/h3-8,11,13H,9-10,12H2,1-2H3,(H,20,21)/t13-/m1/s1. The number of nitrogens with one attached hydrogen (secondary N) is 1. The number of hydrogen-bond donors (Lipinski definition) is 1. The predicted octanol–water partition coefficient (Wildman–Crippen LogP) is 2.74. The third-order valence-electron chi connectivity index (χ3n) is 4.22. The highest BCUT2D eigenvalue weighted by Gasteiger charge is 2.28. The quantitative estimate of drug-likeness (QED) is 0.941. The van der Waals surface area contributed by atoms with Crippen LogP contribution in [0.1, 0.15) is 17.3 Å². The van der Waals surface area contributed by atoms with E-state index in [9.17, 15) is 9.18 Å². The van der Waals surface area contributed by atoms with Gasteiger partial charge in [0.25, 0.3) is 5.91 Å². The summed E-state index contributed by atoms with van der Waals surface area (Å²) in [6, 6.07) is 9.74. The molecule has 1 aromatic heterocycles. The van der Waals surface area contributed by atoms with Gasteiger partial charge in [-0.15, -0.1) is 0 Å². The number of rotatable bonds is 3. The minimum atomic E-state index is -0.337. The lowest BCUT2D eigenvalue weighted by molar-refractivity contribution is 0.0534. The Morgan fingerprint density at radius 2 is 2.12 bits per heavy atom. The molecule has 0 spiro atoms. The molecule has 0 radical (unpaired) electrons. The van der Waals surface area contributed by atoms with E-state index in [2.05, 4.69) is 22.2 Å². The molecule has 1 aliphatic heterocycles. The van der Waals surface area contributed by atoms with Crippen LogP contribution in [0.2, 0.25) is 0 Å². The highest BCUT2D eigenvalue weighted by Crippen LogP contribution is 2.22. The average molecular weight is 328 g/mol. The molecule has 126 valence electrons. The summed E-state index contributed by atoms with van der Waals surface area (Å²) < 4.78 is 13.4. The molecule has 3 rings (SSSR count).